The van der Waals surface area contributed by atoms with Gasteiger partial charge in [-0.3, -0.25) is 0 Å². The van der Waals surface area contributed by atoms with Crippen LogP contribution in [0.5, 0.6) is 11.5 Å². The maximum Gasteiger partial charge on any atom is 0.204 e. The monoisotopic (exact) mass is 233 g/mol. The van der Waals surface area contributed by atoms with Crippen molar-refractivity contribution >= 4 is 0 Å². The lowest BCUT2D eigenvalue weighted by Crippen LogP contribution is -2.07. The molecule has 0 aromatic heterocycles. The van der Waals surface area contributed by atoms with Crippen molar-refractivity contribution < 1.29 is 23.1 Å². The van der Waals surface area contributed by atoms with Gasteiger partial charge < -0.3 is 14.3 Å². The SMILES string of the molecule is COc1c(CCON)cc(F)c(F)c1OC. The van der Waals surface area contributed by atoms with E-state index < -0.39 is 11.6 Å². The third kappa shape index (κ3) is 2.40. The fraction of sp³-hybridized carbons (Fsp3) is 0.400. The van der Waals surface area contributed by atoms with E-state index in [0.717, 1.165) is 6.07 Å². The molecule has 0 fully saturated rings. The van der Waals surface area contributed by atoms with Crippen molar-refractivity contribution in [2.45, 2.75) is 6.42 Å². The first-order valence-electron chi connectivity index (χ1n) is 4.56. The van der Waals surface area contributed by atoms with Crippen molar-refractivity contribution in [3.63, 3.8) is 0 Å². The van der Waals surface area contributed by atoms with Crippen LogP contribution in [0.2, 0.25) is 0 Å². The van der Waals surface area contributed by atoms with Crippen molar-refractivity contribution in [3.05, 3.63) is 23.3 Å². The van der Waals surface area contributed by atoms with Gasteiger partial charge in [0.15, 0.2) is 17.3 Å². The molecule has 4 nitrogen and oxygen atoms in total. The molecule has 0 spiro atoms. The lowest BCUT2D eigenvalue weighted by molar-refractivity contribution is 0.140. The normalized spacial score (nSPS) is 10.3. The molecule has 0 amide bonds. The molecule has 1 aromatic carbocycles. The van der Waals surface area contributed by atoms with E-state index in [1.54, 1.807) is 0 Å². The van der Waals surface area contributed by atoms with E-state index in [0.29, 0.717) is 12.0 Å². The fourth-order valence-electron chi connectivity index (χ4n) is 1.40. The van der Waals surface area contributed by atoms with Crippen LogP contribution >= 0.6 is 0 Å². The van der Waals surface area contributed by atoms with Crippen LogP contribution in [0.25, 0.3) is 0 Å². The Kier molecular flexibility index (Phi) is 4.45. The van der Waals surface area contributed by atoms with Crippen LogP contribution in [0.4, 0.5) is 8.78 Å². The highest BCUT2D eigenvalue weighted by Gasteiger charge is 2.19. The Morgan fingerprint density at radius 1 is 1.19 bits per heavy atom. The average Bonchev–Trinajstić information content (AvgIpc) is 2.29. The number of hydrogen-bond acceptors (Lipinski definition) is 4. The van der Waals surface area contributed by atoms with Gasteiger partial charge in [0.25, 0.3) is 0 Å². The van der Waals surface area contributed by atoms with Gasteiger partial charge in [0.1, 0.15) is 0 Å². The number of halogens is 2. The zero-order valence-electron chi connectivity index (χ0n) is 9.05. The Balaban J connectivity index is 3.20. The lowest BCUT2D eigenvalue weighted by Gasteiger charge is -2.13. The van der Waals surface area contributed by atoms with Crippen molar-refractivity contribution in [2.24, 2.45) is 5.90 Å². The van der Waals surface area contributed by atoms with Crippen LogP contribution in [-0.4, -0.2) is 20.8 Å². The molecule has 0 saturated carbocycles. The summed E-state index contributed by atoms with van der Waals surface area (Å²) in [4.78, 5) is 4.38. The molecule has 0 radical (unpaired) electrons. The molecular formula is C10H13F2NO3. The maximum atomic E-state index is 13.3. The number of methoxy groups -OCH3 is 2. The summed E-state index contributed by atoms with van der Waals surface area (Å²) in [5, 5.41) is 0. The number of nitrogens with two attached hydrogens (primary N) is 1. The lowest BCUT2D eigenvalue weighted by atomic mass is 10.1. The van der Waals surface area contributed by atoms with Crippen molar-refractivity contribution in [1.82, 2.24) is 0 Å². The molecule has 1 aromatic rings. The predicted molar refractivity (Wildman–Crippen MR) is 53.3 cm³/mol. The van der Waals surface area contributed by atoms with Gasteiger partial charge in [-0.2, -0.15) is 4.39 Å². The second-order valence-electron chi connectivity index (χ2n) is 3.02. The molecule has 0 bridgehead atoms. The van der Waals surface area contributed by atoms with Gasteiger partial charge in [-0.1, -0.05) is 0 Å². The molecule has 90 valence electrons. The molecule has 0 aliphatic heterocycles. The van der Waals surface area contributed by atoms with Crippen LogP contribution in [0.15, 0.2) is 6.07 Å². The Morgan fingerprint density at radius 3 is 2.31 bits per heavy atom. The maximum absolute atomic E-state index is 13.3. The first-order chi connectivity index (χ1) is 7.65. The highest BCUT2D eigenvalue weighted by Crippen LogP contribution is 2.35. The minimum atomic E-state index is -1.07. The molecule has 0 atom stereocenters. The summed E-state index contributed by atoms with van der Waals surface area (Å²) in [7, 11) is 2.59. The summed E-state index contributed by atoms with van der Waals surface area (Å²) in [6.07, 6.45) is 0.299. The molecule has 2 N–H and O–H groups in total. The van der Waals surface area contributed by atoms with E-state index in [4.69, 9.17) is 15.4 Å². The van der Waals surface area contributed by atoms with Gasteiger partial charge in [-0.25, -0.2) is 10.3 Å². The standard InChI is InChI=1S/C10H13F2NO3/c1-14-9-6(3-4-16-13)5-7(11)8(12)10(9)15-2/h5H,3-4,13H2,1-2H3. The van der Waals surface area contributed by atoms with Crippen molar-refractivity contribution in [1.29, 1.82) is 0 Å². The molecule has 16 heavy (non-hydrogen) atoms. The van der Waals surface area contributed by atoms with E-state index in [1.165, 1.54) is 14.2 Å². The summed E-state index contributed by atoms with van der Waals surface area (Å²) in [5.41, 5.74) is 0.434. The molecular weight excluding hydrogens is 220 g/mol. The van der Waals surface area contributed by atoms with Crippen LogP contribution < -0.4 is 15.4 Å². The molecule has 0 aliphatic rings. The number of hydrogen-bond donors (Lipinski definition) is 1. The summed E-state index contributed by atoms with van der Waals surface area (Å²) in [5.74, 6) is 2.69. The highest BCUT2D eigenvalue weighted by molar-refractivity contribution is 5.48. The Labute approximate surface area is 91.9 Å². The Morgan fingerprint density at radius 2 is 1.81 bits per heavy atom. The largest absolute Gasteiger partial charge is 0.492 e. The molecule has 0 heterocycles. The van der Waals surface area contributed by atoms with E-state index in [2.05, 4.69) is 4.84 Å². The second-order valence-corrected chi connectivity index (χ2v) is 3.02. The first kappa shape index (κ1) is 12.7. The number of ether oxygens (including phenoxy) is 2. The average molecular weight is 233 g/mol. The van der Waals surface area contributed by atoms with E-state index in [-0.39, 0.29) is 18.1 Å². The quantitative estimate of drug-likeness (QED) is 0.781. The molecule has 6 heteroatoms. The summed E-state index contributed by atoms with van der Waals surface area (Å²) >= 11 is 0. The van der Waals surface area contributed by atoms with Gasteiger partial charge >= 0.3 is 0 Å². The minimum Gasteiger partial charge on any atom is -0.492 e. The fourth-order valence-corrected chi connectivity index (χ4v) is 1.40. The zero-order chi connectivity index (χ0) is 12.1. The van der Waals surface area contributed by atoms with Gasteiger partial charge in [-0.15, -0.1) is 0 Å². The summed E-state index contributed by atoms with van der Waals surface area (Å²) < 4.78 is 36.2. The van der Waals surface area contributed by atoms with Crippen LogP contribution in [-0.2, 0) is 11.3 Å². The minimum absolute atomic E-state index is 0.151. The van der Waals surface area contributed by atoms with Gasteiger partial charge in [0.05, 0.1) is 20.8 Å². The van der Waals surface area contributed by atoms with E-state index in [9.17, 15) is 8.78 Å². The van der Waals surface area contributed by atoms with Crippen molar-refractivity contribution in [2.75, 3.05) is 20.8 Å². The van der Waals surface area contributed by atoms with Gasteiger partial charge in [-0.05, 0) is 6.07 Å². The first-order valence-corrected chi connectivity index (χ1v) is 4.56. The number of benzene rings is 1. The topological polar surface area (TPSA) is 53.7 Å². The molecule has 0 aliphatic carbocycles. The van der Waals surface area contributed by atoms with Crippen LogP contribution in [0.3, 0.4) is 0 Å². The third-order valence-electron chi connectivity index (χ3n) is 2.11. The number of rotatable bonds is 5. The van der Waals surface area contributed by atoms with Crippen LogP contribution in [0, 0.1) is 11.6 Å². The van der Waals surface area contributed by atoms with E-state index in [1.807, 2.05) is 0 Å². The molecule has 1 rings (SSSR count). The predicted octanol–water partition coefficient (Wildman–Crippen LogP) is 1.41. The van der Waals surface area contributed by atoms with E-state index >= 15 is 0 Å². The van der Waals surface area contributed by atoms with Crippen LogP contribution in [0.1, 0.15) is 5.56 Å². The highest BCUT2D eigenvalue weighted by atomic mass is 19.2. The third-order valence-corrected chi connectivity index (χ3v) is 2.11. The Bertz CT molecular complexity index is 372. The van der Waals surface area contributed by atoms with Gasteiger partial charge in [0.2, 0.25) is 5.82 Å². The van der Waals surface area contributed by atoms with Gasteiger partial charge in [0, 0.05) is 12.0 Å². The molecule has 0 saturated heterocycles. The summed E-state index contributed by atoms with van der Waals surface area (Å²) in [6, 6.07) is 1.04. The summed E-state index contributed by atoms with van der Waals surface area (Å²) in [6.45, 7) is 0.171. The second kappa shape index (κ2) is 5.62. The Hall–Kier alpha value is -1.40. The molecule has 0 unspecified atom stereocenters. The smallest absolute Gasteiger partial charge is 0.204 e. The zero-order valence-corrected chi connectivity index (χ0v) is 9.05. The van der Waals surface area contributed by atoms with Crippen molar-refractivity contribution in [3.8, 4) is 11.5 Å².